The van der Waals surface area contributed by atoms with Crippen molar-refractivity contribution in [2.75, 3.05) is 5.75 Å². The summed E-state index contributed by atoms with van der Waals surface area (Å²) in [7, 11) is 0. The largest absolute Gasteiger partial charge is 0.461 e. The molecule has 1 aliphatic heterocycles. The number of hydrogen-bond acceptors (Lipinski definition) is 4. The monoisotopic (exact) mass is 411 g/mol. The molecule has 29 heavy (non-hydrogen) atoms. The summed E-state index contributed by atoms with van der Waals surface area (Å²) in [4.78, 5) is 28.3. The Labute approximate surface area is 177 Å². The number of rotatable bonds is 4. The molecule has 0 N–H and O–H groups in total. The molecule has 0 spiro atoms. The average Bonchev–Trinajstić information content (AvgIpc) is 3.18. The van der Waals surface area contributed by atoms with Gasteiger partial charge in [-0.1, -0.05) is 49.6 Å². The van der Waals surface area contributed by atoms with Gasteiger partial charge < -0.3 is 9.64 Å². The Hall–Kier alpha value is -2.01. The molecule has 4 rings (SSSR count). The standard InChI is InChI=1S/C24H29NO3S/c1-16(2)28-24(27)21-15-29-23(18-9-4-3-5-10-18)25(21)22(26)20-13-12-17-8-6-7-11-19(17)14-20/h6-8,11-14,16,18,21,23H,3-5,9-10,15H2,1-2H3. The van der Waals surface area contributed by atoms with Crippen molar-refractivity contribution in [2.45, 2.75) is 63.5 Å². The molecular formula is C24H29NO3S. The van der Waals surface area contributed by atoms with Gasteiger partial charge in [0.1, 0.15) is 6.04 Å². The summed E-state index contributed by atoms with van der Waals surface area (Å²) in [5.41, 5.74) is 0.648. The zero-order chi connectivity index (χ0) is 20.4. The fraction of sp³-hybridized carbons (Fsp3) is 0.500. The summed E-state index contributed by atoms with van der Waals surface area (Å²) in [5, 5.41) is 2.21. The van der Waals surface area contributed by atoms with Crippen LogP contribution in [0.2, 0.25) is 0 Å². The van der Waals surface area contributed by atoms with E-state index >= 15 is 0 Å². The molecule has 154 valence electrons. The first kappa shape index (κ1) is 20.3. The Morgan fingerprint density at radius 3 is 2.48 bits per heavy atom. The molecular weight excluding hydrogens is 382 g/mol. The number of carbonyl (C=O) groups is 2. The van der Waals surface area contributed by atoms with E-state index < -0.39 is 6.04 Å². The molecule has 2 aliphatic rings. The molecule has 0 bridgehead atoms. The zero-order valence-corrected chi connectivity index (χ0v) is 18.0. The molecule has 5 heteroatoms. The van der Waals surface area contributed by atoms with E-state index in [1.165, 1.54) is 19.3 Å². The van der Waals surface area contributed by atoms with Gasteiger partial charge >= 0.3 is 5.97 Å². The summed E-state index contributed by atoms with van der Waals surface area (Å²) in [5.74, 6) is 0.739. The molecule has 1 amide bonds. The van der Waals surface area contributed by atoms with Crippen molar-refractivity contribution < 1.29 is 14.3 Å². The number of hydrogen-bond donors (Lipinski definition) is 0. The second-order valence-electron chi connectivity index (χ2n) is 8.40. The molecule has 1 aliphatic carbocycles. The van der Waals surface area contributed by atoms with E-state index in [2.05, 4.69) is 0 Å². The maximum atomic E-state index is 13.6. The lowest BCUT2D eigenvalue weighted by molar-refractivity contribution is -0.152. The molecule has 2 aromatic carbocycles. The highest BCUT2D eigenvalue weighted by atomic mass is 32.2. The first-order valence-corrected chi connectivity index (χ1v) is 11.7. The fourth-order valence-electron chi connectivity index (χ4n) is 4.53. The van der Waals surface area contributed by atoms with E-state index in [-0.39, 0.29) is 23.4 Å². The van der Waals surface area contributed by atoms with Crippen LogP contribution >= 0.6 is 11.8 Å². The third kappa shape index (κ3) is 4.30. The maximum absolute atomic E-state index is 13.6. The van der Waals surface area contributed by atoms with Crippen molar-refractivity contribution >= 4 is 34.4 Å². The van der Waals surface area contributed by atoms with Gasteiger partial charge in [0.25, 0.3) is 5.91 Å². The van der Waals surface area contributed by atoms with Crippen LogP contribution in [-0.2, 0) is 9.53 Å². The number of amides is 1. The summed E-state index contributed by atoms with van der Waals surface area (Å²) < 4.78 is 5.51. The first-order chi connectivity index (χ1) is 14.0. The van der Waals surface area contributed by atoms with E-state index in [1.54, 1.807) is 11.8 Å². The topological polar surface area (TPSA) is 46.6 Å². The highest BCUT2D eigenvalue weighted by Crippen LogP contribution is 2.41. The number of nitrogens with zero attached hydrogens (tertiary/aromatic N) is 1. The molecule has 1 heterocycles. The van der Waals surface area contributed by atoms with Gasteiger partial charge in [-0.05, 0) is 55.5 Å². The van der Waals surface area contributed by atoms with E-state index in [9.17, 15) is 9.59 Å². The summed E-state index contributed by atoms with van der Waals surface area (Å²) >= 11 is 1.75. The molecule has 0 aromatic heterocycles. The Kier molecular flexibility index (Phi) is 6.14. The van der Waals surface area contributed by atoms with Gasteiger partial charge in [0.05, 0.1) is 11.5 Å². The van der Waals surface area contributed by atoms with Crippen LogP contribution in [0.5, 0.6) is 0 Å². The van der Waals surface area contributed by atoms with Gasteiger partial charge in [0, 0.05) is 11.3 Å². The quantitative estimate of drug-likeness (QED) is 0.644. The number of esters is 1. The second kappa shape index (κ2) is 8.78. The van der Waals surface area contributed by atoms with Crippen molar-refractivity contribution in [1.82, 2.24) is 4.90 Å². The first-order valence-electron chi connectivity index (χ1n) is 10.7. The second-order valence-corrected chi connectivity index (χ2v) is 9.55. The summed E-state index contributed by atoms with van der Waals surface area (Å²) in [6.45, 7) is 3.71. The molecule has 2 atom stereocenters. The Morgan fingerprint density at radius 1 is 1.03 bits per heavy atom. The number of thioether (sulfide) groups is 1. The van der Waals surface area contributed by atoms with Crippen molar-refractivity contribution in [2.24, 2.45) is 5.92 Å². The van der Waals surface area contributed by atoms with Crippen LogP contribution in [0.15, 0.2) is 42.5 Å². The van der Waals surface area contributed by atoms with Gasteiger partial charge in [0.2, 0.25) is 0 Å². The Morgan fingerprint density at radius 2 is 1.76 bits per heavy atom. The molecule has 2 fully saturated rings. The molecule has 0 radical (unpaired) electrons. The van der Waals surface area contributed by atoms with Gasteiger partial charge in [-0.3, -0.25) is 4.79 Å². The van der Waals surface area contributed by atoms with Gasteiger partial charge in [0.15, 0.2) is 0 Å². The van der Waals surface area contributed by atoms with E-state index in [4.69, 9.17) is 4.74 Å². The SMILES string of the molecule is CC(C)OC(=O)C1CSC(C2CCCCC2)N1C(=O)c1ccc2ccccc2c1. The van der Waals surface area contributed by atoms with Gasteiger partial charge in [-0.25, -0.2) is 4.79 Å². The molecule has 4 nitrogen and oxygen atoms in total. The number of carbonyl (C=O) groups excluding carboxylic acids is 2. The van der Waals surface area contributed by atoms with Gasteiger partial charge in [-0.15, -0.1) is 11.8 Å². The molecule has 2 aromatic rings. The van der Waals surface area contributed by atoms with Crippen LogP contribution in [0.1, 0.15) is 56.3 Å². The lowest BCUT2D eigenvalue weighted by Gasteiger charge is -2.35. The summed E-state index contributed by atoms with van der Waals surface area (Å²) in [6, 6.07) is 13.4. The maximum Gasteiger partial charge on any atom is 0.330 e. The minimum Gasteiger partial charge on any atom is -0.461 e. The van der Waals surface area contributed by atoms with E-state index in [0.29, 0.717) is 17.2 Å². The van der Waals surface area contributed by atoms with E-state index in [0.717, 1.165) is 23.6 Å². The Bertz CT molecular complexity index is 891. The van der Waals surface area contributed by atoms with Crippen LogP contribution in [0.3, 0.4) is 0 Å². The lowest BCUT2D eigenvalue weighted by atomic mass is 9.88. The minimum atomic E-state index is -0.506. The van der Waals surface area contributed by atoms with Gasteiger partial charge in [-0.2, -0.15) is 0 Å². The number of ether oxygens (including phenoxy) is 1. The van der Waals surface area contributed by atoms with Crippen molar-refractivity contribution in [1.29, 1.82) is 0 Å². The normalized spacial score (nSPS) is 22.9. The number of fused-ring (bicyclic) bond motifs is 1. The third-order valence-corrected chi connectivity index (χ3v) is 7.40. The van der Waals surface area contributed by atoms with Crippen molar-refractivity contribution in [3.05, 3.63) is 48.0 Å². The van der Waals surface area contributed by atoms with E-state index in [1.807, 2.05) is 61.2 Å². The van der Waals surface area contributed by atoms with Crippen molar-refractivity contribution in [3.8, 4) is 0 Å². The lowest BCUT2D eigenvalue weighted by Crippen LogP contribution is -2.49. The predicted octanol–water partition coefficient (Wildman–Crippen LogP) is 5.26. The number of benzene rings is 2. The van der Waals surface area contributed by atoms with Crippen LogP contribution in [0, 0.1) is 5.92 Å². The summed E-state index contributed by atoms with van der Waals surface area (Å²) in [6.07, 6.45) is 5.77. The van der Waals surface area contributed by atoms with Crippen LogP contribution in [0.4, 0.5) is 0 Å². The Balaban J connectivity index is 1.66. The highest BCUT2D eigenvalue weighted by Gasteiger charge is 2.46. The fourth-order valence-corrected chi connectivity index (χ4v) is 6.15. The zero-order valence-electron chi connectivity index (χ0n) is 17.2. The predicted molar refractivity (Wildman–Crippen MR) is 118 cm³/mol. The molecule has 1 saturated heterocycles. The average molecular weight is 412 g/mol. The smallest absolute Gasteiger partial charge is 0.330 e. The third-order valence-electron chi connectivity index (χ3n) is 5.94. The van der Waals surface area contributed by atoms with Crippen LogP contribution in [-0.4, -0.2) is 40.0 Å². The molecule has 1 saturated carbocycles. The molecule has 2 unspecified atom stereocenters. The van der Waals surface area contributed by atoms with Crippen LogP contribution < -0.4 is 0 Å². The van der Waals surface area contributed by atoms with Crippen molar-refractivity contribution in [3.63, 3.8) is 0 Å². The highest BCUT2D eigenvalue weighted by molar-refractivity contribution is 8.00. The van der Waals surface area contributed by atoms with Crippen LogP contribution in [0.25, 0.3) is 10.8 Å². The minimum absolute atomic E-state index is 0.0537.